The fourth-order valence-electron chi connectivity index (χ4n) is 3.45. The zero-order valence-electron chi connectivity index (χ0n) is 14.6. The number of ether oxygens (including phenoxy) is 2. The molecule has 0 spiro atoms. The number of thiophene rings is 1. The number of fused-ring (bicyclic) bond motifs is 1. The lowest BCUT2D eigenvalue weighted by molar-refractivity contribution is -0.123. The number of hydrogen-bond acceptors (Lipinski definition) is 4. The zero-order chi connectivity index (χ0) is 17.5. The summed E-state index contributed by atoms with van der Waals surface area (Å²) in [5.41, 5.74) is 2.41. The van der Waals surface area contributed by atoms with E-state index in [1.807, 2.05) is 12.1 Å². The highest BCUT2D eigenvalue weighted by molar-refractivity contribution is 7.08. The van der Waals surface area contributed by atoms with Crippen LogP contribution < -0.4 is 14.8 Å². The highest BCUT2D eigenvalue weighted by Gasteiger charge is 2.44. The molecule has 1 aromatic heterocycles. The highest BCUT2D eigenvalue weighted by atomic mass is 32.1. The average molecular weight is 357 g/mol. The molecule has 1 aliphatic carbocycles. The first-order valence-electron chi connectivity index (χ1n) is 8.71. The van der Waals surface area contributed by atoms with Crippen LogP contribution in [-0.2, 0) is 16.6 Å². The van der Waals surface area contributed by atoms with E-state index >= 15 is 0 Å². The van der Waals surface area contributed by atoms with Gasteiger partial charge in [0.25, 0.3) is 5.91 Å². The van der Waals surface area contributed by atoms with Gasteiger partial charge in [-0.3, -0.25) is 4.79 Å². The Labute approximate surface area is 152 Å². The largest absolute Gasteiger partial charge is 0.483 e. The van der Waals surface area contributed by atoms with Crippen LogP contribution in [0.4, 0.5) is 0 Å². The maximum Gasteiger partial charge on any atom is 0.257 e. The molecular formula is C20H23NO3S. The Bertz CT molecular complexity index is 778. The van der Waals surface area contributed by atoms with Crippen LogP contribution in [0.25, 0.3) is 0 Å². The maximum atomic E-state index is 12.2. The molecule has 5 heteroatoms. The van der Waals surface area contributed by atoms with Crippen LogP contribution >= 0.6 is 11.3 Å². The average Bonchev–Trinajstić information content (AvgIpc) is 3.01. The predicted molar refractivity (Wildman–Crippen MR) is 98.6 cm³/mol. The molecule has 1 aromatic carbocycles. The van der Waals surface area contributed by atoms with Gasteiger partial charge in [0, 0.05) is 23.9 Å². The summed E-state index contributed by atoms with van der Waals surface area (Å²) in [5, 5.41) is 7.31. The first-order chi connectivity index (χ1) is 12.0. The fourth-order valence-corrected chi connectivity index (χ4v) is 4.23. The smallest absolute Gasteiger partial charge is 0.257 e. The van der Waals surface area contributed by atoms with Gasteiger partial charge in [0.05, 0.1) is 0 Å². The number of rotatable bonds is 6. The second-order valence-corrected chi connectivity index (χ2v) is 8.42. The molecule has 2 heterocycles. The van der Waals surface area contributed by atoms with Crippen LogP contribution in [0.1, 0.15) is 37.8 Å². The van der Waals surface area contributed by atoms with Crippen molar-refractivity contribution in [1.82, 2.24) is 5.32 Å². The summed E-state index contributed by atoms with van der Waals surface area (Å²) in [5.74, 6) is 1.34. The molecule has 0 radical (unpaired) electrons. The molecule has 0 saturated heterocycles. The van der Waals surface area contributed by atoms with Crippen molar-refractivity contribution >= 4 is 17.2 Å². The molecule has 0 unspecified atom stereocenters. The molecule has 4 rings (SSSR count). The molecule has 25 heavy (non-hydrogen) atoms. The fraction of sp³-hybridized carbons (Fsp3) is 0.450. The van der Waals surface area contributed by atoms with Gasteiger partial charge in [-0.25, -0.2) is 0 Å². The van der Waals surface area contributed by atoms with Gasteiger partial charge in [-0.2, -0.15) is 11.3 Å². The number of amides is 1. The Morgan fingerprint density at radius 3 is 2.88 bits per heavy atom. The SMILES string of the molecule is CC1(C)Cc2cccc(OCC(=O)NCC3(c4ccsc4)CC3)c2O1. The highest BCUT2D eigenvalue weighted by Crippen LogP contribution is 2.48. The van der Waals surface area contributed by atoms with E-state index in [1.54, 1.807) is 11.3 Å². The standard InChI is InChI=1S/C20H23NO3S/c1-19(2)10-14-4-3-5-16(18(14)24-19)23-11-17(22)21-13-20(7-8-20)15-6-9-25-12-15/h3-6,9,12H,7-8,10-11,13H2,1-2H3,(H,21,22). The monoisotopic (exact) mass is 357 g/mol. The maximum absolute atomic E-state index is 12.2. The molecule has 0 atom stereocenters. The number of para-hydroxylation sites is 1. The summed E-state index contributed by atoms with van der Waals surface area (Å²) in [6, 6.07) is 8.02. The topological polar surface area (TPSA) is 47.6 Å². The Morgan fingerprint density at radius 1 is 1.32 bits per heavy atom. The van der Waals surface area contributed by atoms with E-state index in [2.05, 4.69) is 42.1 Å². The minimum absolute atomic E-state index is 0.0138. The molecule has 1 aliphatic heterocycles. The van der Waals surface area contributed by atoms with Crippen molar-refractivity contribution in [2.45, 2.75) is 44.1 Å². The van der Waals surface area contributed by atoms with Crippen LogP contribution in [0.5, 0.6) is 11.5 Å². The van der Waals surface area contributed by atoms with E-state index in [9.17, 15) is 4.79 Å². The zero-order valence-corrected chi connectivity index (χ0v) is 15.4. The Hall–Kier alpha value is -2.01. The van der Waals surface area contributed by atoms with Crippen molar-refractivity contribution in [2.75, 3.05) is 13.2 Å². The van der Waals surface area contributed by atoms with Crippen LogP contribution in [0.2, 0.25) is 0 Å². The Balaban J connectivity index is 1.33. The summed E-state index contributed by atoms with van der Waals surface area (Å²) in [7, 11) is 0. The van der Waals surface area contributed by atoms with Gasteiger partial charge in [0.15, 0.2) is 18.1 Å². The molecule has 132 valence electrons. The number of benzene rings is 1. The molecule has 1 saturated carbocycles. The summed E-state index contributed by atoms with van der Waals surface area (Å²) in [4.78, 5) is 12.2. The second-order valence-electron chi connectivity index (χ2n) is 7.64. The van der Waals surface area contributed by atoms with Gasteiger partial charge in [0.2, 0.25) is 0 Å². The van der Waals surface area contributed by atoms with E-state index in [4.69, 9.17) is 9.47 Å². The van der Waals surface area contributed by atoms with Crippen molar-refractivity contribution in [2.24, 2.45) is 0 Å². The minimum Gasteiger partial charge on any atom is -0.483 e. The van der Waals surface area contributed by atoms with E-state index in [0.717, 1.165) is 30.6 Å². The third-order valence-corrected chi connectivity index (χ3v) is 5.71. The van der Waals surface area contributed by atoms with Gasteiger partial charge in [-0.1, -0.05) is 12.1 Å². The molecule has 1 amide bonds. The second kappa shape index (κ2) is 6.06. The lowest BCUT2D eigenvalue weighted by Gasteiger charge is -2.18. The summed E-state index contributed by atoms with van der Waals surface area (Å²) >= 11 is 1.71. The van der Waals surface area contributed by atoms with E-state index in [-0.39, 0.29) is 23.5 Å². The van der Waals surface area contributed by atoms with Crippen molar-refractivity contribution in [1.29, 1.82) is 0 Å². The Morgan fingerprint density at radius 2 is 2.16 bits per heavy atom. The first-order valence-corrected chi connectivity index (χ1v) is 9.65. The molecule has 4 nitrogen and oxygen atoms in total. The van der Waals surface area contributed by atoms with Crippen LogP contribution in [0.3, 0.4) is 0 Å². The summed E-state index contributed by atoms with van der Waals surface area (Å²) in [6.45, 7) is 4.81. The minimum atomic E-state index is -0.219. The van der Waals surface area contributed by atoms with Crippen LogP contribution in [-0.4, -0.2) is 24.7 Å². The lowest BCUT2D eigenvalue weighted by Crippen LogP contribution is -2.35. The van der Waals surface area contributed by atoms with E-state index in [0.29, 0.717) is 12.3 Å². The number of nitrogens with one attached hydrogen (secondary N) is 1. The van der Waals surface area contributed by atoms with E-state index in [1.165, 1.54) is 5.56 Å². The van der Waals surface area contributed by atoms with Crippen LogP contribution in [0, 0.1) is 0 Å². The first kappa shape index (κ1) is 16.5. The van der Waals surface area contributed by atoms with Gasteiger partial charge in [-0.05, 0) is 55.1 Å². The number of carbonyl (C=O) groups is 1. The third kappa shape index (κ3) is 3.38. The van der Waals surface area contributed by atoms with Crippen LogP contribution in [0.15, 0.2) is 35.0 Å². The number of carbonyl (C=O) groups excluding carboxylic acids is 1. The van der Waals surface area contributed by atoms with Gasteiger partial charge in [-0.15, -0.1) is 0 Å². The molecule has 1 fully saturated rings. The van der Waals surface area contributed by atoms with Crippen molar-refractivity contribution in [3.63, 3.8) is 0 Å². The molecular weight excluding hydrogens is 334 g/mol. The normalized spacial score (nSPS) is 19.0. The van der Waals surface area contributed by atoms with E-state index < -0.39 is 0 Å². The molecule has 1 N–H and O–H groups in total. The van der Waals surface area contributed by atoms with Crippen molar-refractivity contribution < 1.29 is 14.3 Å². The van der Waals surface area contributed by atoms with Gasteiger partial charge < -0.3 is 14.8 Å². The lowest BCUT2D eigenvalue weighted by atomic mass is 9.99. The summed E-state index contributed by atoms with van der Waals surface area (Å²) in [6.07, 6.45) is 3.13. The van der Waals surface area contributed by atoms with Gasteiger partial charge >= 0.3 is 0 Å². The van der Waals surface area contributed by atoms with Crippen molar-refractivity contribution in [3.8, 4) is 11.5 Å². The van der Waals surface area contributed by atoms with Crippen molar-refractivity contribution in [3.05, 3.63) is 46.2 Å². The molecule has 2 aliphatic rings. The molecule has 0 bridgehead atoms. The predicted octanol–water partition coefficient (Wildman–Crippen LogP) is 3.69. The Kier molecular flexibility index (Phi) is 3.99. The third-order valence-electron chi connectivity index (χ3n) is 5.02. The van der Waals surface area contributed by atoms with Gasteiger partial charge in [0.1, 0.15) is 5.60 Å². The number of hydrogen-bond donors (Lipinski definition) is 1. The summed E-state index contributed by atoms with van der Waals surface area (Å²) < 4.78 is 11.7. The quantitative estimate of drug-likeness (QED) is 0.858. The molecule has 2 aromatic rings.